The van der Waals surface area contributed by atoms with Gasteiger partial charge < -0.3 is 19.2 Å². The van der Waals surface area contributed by atoms with Gasteiger partial charge in [0.2, 0.25) is 0 Å². The van der Waals surface area contributed by atoms with Crippen LogP contribution in [0.1, 0.15) is 16.7 Å². The van der Waals surface area contributed by atoms with Crippen LogP contribution in [-0.2, 0) is 4.79 Å². The molecule has 0 radical (unpaired) electrons. The molecule has 0 amide bonds. The molecule has 60 valence electrons. The molecule has 0 saturated heterocycles. The SMILES string of the molecule is CC(C)[C@H](N)C(=O)O.O.[Ca+2].[H-].[H-]. The van der Waals surface area contributed by atoms with Crippen molar-refractivity contribution in [2.24, 2.45) is 11.7 Å². The average molecular weight is 177 g/mol. The molecule has 0 aromatic heterocycles. The van der Waals surface area contributed by atoms with Gasteiger partial charge in [-0.2, -0.15) is 0 Å². The Kier molecular flexibility index (Phi) is 13.1. The van der Waals surface area contributed by atoms with Gasteiger partial charge in [0.25, 0.3) is 0 Å². The topological polar surface area (TPSA) is 94.8 Å². The van der Waals surface area contributed by atoms with Crippen LogP contribution in [0.2, 0.25) is 0 Å². The van der Waals surface area contributed by atoms with Crippen LogP contribution >= 0.6 is 0 Å². The Balaban J connectivity index is -0.0000000408. The van der Waals surface area contributed by atoms with Crippen LogP contribution in [0.15, 0.2) is 0 Å². The van der Waals surface area contributed by atoms with Crippen molar-refractivity contribution in [2.45, 2.75) is 19.9 Å². The van der Waals surface area contributed by atoms with E-state index >= 15 is 0 Å². The predicted molar refractivity (Wildman–Crippen MR) is 42.0 cm³/mol. The zero-order valence-corrected chi connectivity index (χ0v) is 8.50. The molecule has 0 fully saturated rings. The van der Waals surface area contributed by atoms with Gasteiger partial charge in [0.1, 0.15) is 6.04 Å². The molecule has 0 aliphatic carbocycles. The maximum atomic E-state index is 10.0. The van der Waals surface area contributed by atoms with E-state index in [0.717, 1.165) is 0 Å². The second kappa shape index (κ2) is 7.75. The Morgan fingerprint density at radius 3 is 1.90 bits per heavy atom. The molecule has 0 rings (SSSR count). The monoisotopic (exact) mass is 177 g/mol. The van der Waals surface area contributed by atoms with E-state index in [4.69, 9.17) is 10.8 Å². The molecule has 0 aromatic carbocycles. The van der Waals surface area contributed by atoms with Gasteiger partial charge in [-0.3, -0.25) is 4.79 Å². The van der Waals surface area contributed by atoms with Crippen LogP contribution in [0.5, 0.6) is 0 Å². The molecule has 0 aliphatic rings. The molecule has 0 aliphatic heterocycles. The first-order chi connectivity index (χ1) is 3.55. The molecule has 0 heterocycles. The smallest absolute Gasteiger partial charge is 1.00 e. The van der Waals surface area contributed by atoms with Crippen molar-refractivity contribution in [3.05, 3.63) is 0 Å². The third-order valence-corrected chi connectivity index (χ3v) is 1.00. The Morgan fingerprint density at radius 2 is 1.90 bits per heavy atom. The second-order valence-electron chi connectivity index (χ2n) is 2.11. The minimum absolute atomic E-state index is 0. The molecule has 1 atom stereocenters. The van der Waals surface area contributed by atoms with E-state index in [1.54, 1.807) is 13.8 Å². The van der Waals surface area contributed by atoms with Crippen LogP contribution in [0.25, 0.3) is 0 Å². The van der Waals surface area contributed by atoms with Crippen molar-refractivity contribution in [3.63, 3.8) is 0 Å². The number of carboxylic acid groups (broad SMARTS) is 1. The van der Waals surface area contributed by atoms with Crippen LogP contribution in [-0.4, -0.2) is 60.3 Å². The number of hydrogen-bond acceptors (Lipinski definition) is 2. The predicted octanol–water partition coefficient (Wildman–Crippen LogP) is -0.926. The molecule has 10 heavy (non-hydrogen) atoms. The van der Waals surface area contributed by atoms with Crippen LogP contribution in [0, 0.1) is 5.92 Å². The number of carbonyl (C=O) groups is 1. The van der Waals surface area contributed by atoms with Gasteiger partial charge in [-0.05, 0) is 5.92 Å². The first-order valence-corrected chi connectivity index (χ1v) is 2.54. The Bertz CT molecular complexity index is 105. The Hall–Kier alpha value is 0.650. The van der Waals surface area contributed by atoms with Gasteiger partial charge in [0, 0.05) is 0 Å². The standard InChI is InChI=1S/C5H11NO2.Ca.H2O.2H/c1-3(2)4(6)5(7)8;;;;/h3-4H,6H2,1-2H3,(H,7,8);;1H2;;/q;+2;;2*-1/t4-;;;;/m0..../s1. The largest absolute Gasteiger partial charge is 2.00 e. The first-order valence-electron chi connectivity index (χ1n) is 2.54. The van der Waals surface area contributed by atoms with Crippen molar-refractivity contribution >= 4 is 43.7 Å². The summed E-state index contributed by atoms with van der Waals surface area (Å²) in [6.45, 7) is 3.55. The fraction of sp³-hybridized carbons (Fsp3) is 0.800. The van der Waals surface area contributed by atoms with E-state index in [2.05, 4.69) is 0 Å². The van der Waals surface area contributed by atoms with E-state index < -0.39 is 12.0 Å². The van der Waals surface area contributed by atoms with Gasteiger partial charge >= 0.3 is 43.7 Å². The van der Waals surface area contributed by atoms with Crippen LogP contribution in [0.3, 0.4) is 0 Å². The van der Waals surface area contributed by atoms with E-state index in [-0.39, 0.29) is 52.0 Å². The van der Waals surface area contributed by atoms with Gasteiger partial charge in [-0.15, -0.1) is 0 Å². The molecular formula is C5H15CaNO3. The maximum absolute atomic E-state index is 10.0. The summed E-state index contributed by atoms with van der Waals surface area (Å²) in [5, 5.41) is 8.23. The number of nitrogens with two attached hydrogens (primary N) is 1. The van der Waals surface area contributed by atoms with Crippen molar-refractivity contribution in [1.82, 2.24) is 0 Å². The number of rotatable bonds is 2. The normalized spacial score (nSPS) is 11.2. The number of carboxylic acids is 1. The van der Waals surface area contributed by atoms with Crippen molar-refractivity contribution < 1.29 is 18.2 Å². The van der Waals surface area contributed by atoms with Crippen LogP contribution in [0.4, 0.5) is 0 Å². The van der Waals surface area contributed by atoms with Gasteiger partial charge in [0.05, 0.1) is 0 Å². The zero-order valence-electron chi connectivity index (χ0n) is 8.29. The Labute approximate surface area is 93.1 Å². The Morgan fingerprint density at radius 1 is 1.60 bits per heavy atom. The summed E-state index contributed by atoms with van der Waals surface area (Å²) in [7, 11) is 0. The molecule has 0 unspecified atom stereocenters. The summed E-state index contributed by atoms with van der Waals surface area (Å²) < 4.78 is 0. The van der Waals surface area contributed by atoms with Crippen LogP contribution < -0.4 is 5.73 Å². The number of aliphatic carboxylic acids is 1. The zero-order chi connectivity index (χ0) is 6.73. The molecule has 0 spiro atoms. The first kappa shape index (κ1) is 16.9. The maximum Gasteiger partial charge on any atom is 2.00 e. The van der Waals surface area contributed by atoms with Crippen molar-refractivity contribution in [3.8, 4) is 0 Å². The van der Waals surface area contributed by atoms with Gasteiger partial charge in [-0.25, -0.2) is 0 Å². The third-order valence-electron chi connectivity index (χ3n) is 1.00. The number of hydrogen-bond donors (Lipinski definition) is 2. The van der Waals surface area contributed by atoms with Crippen molar-refractivity contribution in [1.29, 1.82) is 0 Å². The molecule has 0 aromatic rings. The van der Waals surface area contributed by atoms with E-state index in [0.29, 0.717) is 0 Å². The molecule has 4 nitrogen and oxygen atoms in total. The summed E-state index contributed by atoms with van der Waals surface area (Å²) >= 11 is 0. The molecule has 5 heteroatoms. The molecule has 0 bridgehead atoms. The average Bonchev–Trinajstić information content (AvgIpc) is 1.64. The molecular weight excluding hydrogens is 162 g/mol. The molecule has 0 saturated carbocycles. The second-order valence-corrected chi connectivity index (χ2v) is 2.11. The summed E-state index contributed by atoms with van der Waals surface area (Å²) in [4.78, 5) is 10.0. The van der Waals surface area contributed by atoms with E-state index in [1.807, 2.05) is 0 Å². The molecule has 5 N–H and O–H groups in total. The fourth-order valence-corrected chi connectivity index (χ4v) is 0.285. The van der Waals surface area contributed by atoms with E-state index in [1.165, 1.54) is 0 Å². The minimum atomic E-state index is -0.931. The van der Waals surface area contributed by atoms with E-state index in [9.17, 15) is 4.79 Å². The third kappa shape index (κ3) is 6.77. The fourth-order valence-electron chi connectivity index (χ4n) is 0.285. The summed E-state index contributed by atoms with van der Waals surface area (Å²) in [5.41, 5.74) is 5.16. The van der Waals surface area contributed by atoms with Gasteiger partial charge in [-0.1, -0.05) is 13.8 Å². The summed E-state index contributed by atoms with van der Waals surface area (Å²) in [6.07, 6.45) is 0. The summed E-state index contributed by atoms with van der Waals surface area (Å²) in [6, 6.07) is -0.713. The van der Waals surface area contributed by atoms with Crippen molar-refractivity contribution in [2.75, 3.05) is 0 Å². The summed E-state index contributed by atoms with van der Waals surface area (Å²) in [5.74, 6) is -0.910. The van der Waals surface area contributed by atoms with Gasteiger partial charge in [0.15, 0.2) is 0 Å². The minimum Gasteiger partial charge on any atom is -1.00 e. The quantitative estimate of drug-likeness (QED) is 0.534.